The first-order chi connectivity index (χ1) is 14.1. The molecule has 0 bridgehead atoms. The minimum absolute atomic E-state index is 0.0408. The summed E-state index contributed by atoms with van der Waals surface area (Å²) in [5, 5.41) is 0. The summed E-state index contributed by atoms with van der Waals surface area (Å²) in [7, 11) is -3.66. The standard InChI is InChI=1S/C21H31N3O4S/c25-21(23-14-12-22(13-15-23)17-18-7-6-16-28-18)20-10-4-5-11-24(20)29(26,27)19-8-2-1-3-9-19/h1-3,8-9,18,20H,4-7,10-17H2. The number of amides is 1. The molecule has 1 aromatic rings. The number of hydrogen-bond donors (Lipinski definition) is 0. The lowest BCUT2D eigenvalue weighted by Crippen LogP contribution is -2.57. The third-order valence-electron chi connectivity index (χ3n) is 6.26. The molecule has 3 aliphatic rings. The SMILES string of the molecule is O=C(C1CCCCN1S(=O)(=O)c1ccccc1)N1CCN(CC2CCCO2)CC1. The van der Waals surface area contributed by atoms with Gasteiger partial charge in [-0.3, -0.25) is 9.69 Å². The zero-order valence-electron chi connectivity index (χ0n) is 16.9. The molecule has 3 heterocycles. The first-order valence-electron chi connectivity index (χ1n) is 10.8. The molecule has 3 saturated heterocycles. The Hall–Kier alpha value is -1.48. The van der Waals surface area contributed by atoms with E-state index in [9.17, 15) is 13.2 Å². The largest absolute Gasteiger partial charge is 0.377 e. The number of sulfonamides is 1. The zero-order chi connectivity index (χ0) is 20.3. The lowest BCUT2D eigenvalue weighted by atomic mass is 10.0. The fourth-order valence-electron chi connectivity index (χ4n) is 4.61. The second kappa shape index (κ2) is 9.12. The topological polar surface area (TPSA) is 70.2 Å². The van der Waals surface area contributed by atoms with Crippen molar-refractivity contribution < 1.29 is 17.9 Å². The Morgan fingerprint density at radius 3 is 2.41 bits per heavy atom. The van der Waals surface area contributed by atoms with Crippen molar-refractivity contribution in [1.29, 1.82) is 0 Å². The Labute approximate surface area is 173 Å². The molecular formula is C21H31N3O4S. The van der Waals surface area contributed by atoms with E-state index in [-0.39, 0.29) is 10.8 Å². The van der Waals surface area contributed by atoms with Gasteiger partial charge in [-0.05, 0) is 37.8 Å². The number of carbonyl (C=O) groups is 1. The molecule has 2 unspecified atom stereocenters. The summed E-state index contributed by atoms with van der Waals surface area (Å²) in [5.41, 5.74) is 0. The van der Waals surface area contributed by atoms with Gasteiger partial charge in [-0.2, -0.15) is 4.31 Å². The molecule has 3 fully saturated rings. The van der Waals surface area contributed by atoms with Crippen LogP contribution in [-0.2, 0) is 19.6 Å². The van der Waals surface area contributed by atoms with E-state index in [0.29, 0.717) is 32.2 Å². The number of carbonyl (C=O) groups excluding carboxylic acids is 1. The summed E-state index contributed by atoms with van der Waals surface area (Å²) in [6.07, 6.45) is 4.86. The van der Waals surface area contributed by atoms with E-state index >= 15 is 0 Å². The van der Waals surface area contributed by atoms with Crippen LogP contribution >= 0.6 is 0 Å². The summed E-state index contributed by atoms with van der Waals surface area (Å²) < 4.78 is 33.5. The number of hydrogen-bond acceptors (Lipinski definition) is 5. The first-order valence-corrected chi connectivity index (χ1v) is 12.2. The van der Waals surface area contributed by atoms with Crippen molar-refractivity contribution >= 4 is 15.9 Å². The molecule has 7 nitrogen and oxygen atoms in total. The summed E-state index contributed by atoms with van der Waals surface area (Å²) in [6, 6.07) is 7.87. The van der Waals surface area contributed by atoms with Crippen molar-refractivity contribution in [2.24, 2.45) is 0 Å². The second-order valence-electron chi connectivity index (χ2n) is 8.20. The van der Waals surface area contributed by atoms with E-state index in [1.807, 2.05) is 4.90 Å². The highest BCUT2D eigenvalue weighted by atomic mass is 32.2. The van der Waals surface area contributed by atoms with E-state index in [2.05, 4.69) is 4.90 Å². The van der Waals surface area contributed by atoms with Crippen molar-refractivity contribution in [2.45, 2.75) is 49.1 Å². The molecule has 0 saturated carbocycles. The Morgan fingerprint density at radius 1 is 0.966 bits per heavy atom. The molecule has 0 radical (unpaired) electrons. The van der Waals surface area contributed by atoms with Gasteiger partial charge in [0, 0.05) is 45.9 Å². The van der Waals surface area contributed by atoms with Crippen molar-refractivity contribution in [3.8, 4) is 0 Å². The van der Waals surface area contributed by atoms with E-state index < -0.39 is 16.1 Å². The van der Waals surface area contributed by atoms with E-state index in [1.54, 1.807) is 30.3 Å². The molecule has 0 N–H and O–H groups in total. The highest BCUT2D eigenvalue weighted by Crippen LogP contribution is 2.27. The van der Waals surface area contributed by atoms with Gasteiger partial charge < -0.3 is 9.64 Å². The Balaban J connectivity index is 1.40. The van der Waals surface area contributed by atoms with Crippen LogP contribution in [0.4, 0.5) is 0 Å². The zero-order valence-corrected chi connectivity index (χ0v) is 17.7. The van der Waals surface area contributed by atoms with Crippen LogP contribution in [0.25, 0.3) is 0 Å². The average Bonchev–Trinajstić information content (AvgIpc) is 3.27. The molecule has 0 spiro atoms. The normalized spacial score (nSPS) is 27.2. The van der Waals surface area contributed by atoms with Gasteiger partial charge in [-0.1, -0.05) is 24.6 Å². The number of piperidine rings is 1. The third-order valence-corrected chi connectivity index (χ3v) is 8.18. The van der Waals surface area contributed by atoms with Gasteiger partial charge in [0.1, 0.15) is 6.04 Å². The maximum atomic E-state index is 13.3. The van der Waals surface area contributed by atoms with Crippen LogP contribution in [0.1, 0.15) is 32.1 Å². The summed E-state index contributed by atoms with van der Waals surface area (Å²) in [6.45, 7) is 5.15. The van der Waals surface area contributed by atoms with Gasteiger partial charge in [0.25, 0.3) is 0 Å². The molecule has 3 aliphatic heterocycles. The van der Waals surface area contributed by atoms with Crippen molar-refractivity contribution in [3.63, 3.8) is 0 Å². The molecule has 29 heavy (non-hydrogen) atoms. The van der Waals surface area contributed by atoms with Crippen LogP contribution in [0, 0.1) is 0 Å². The number of rotatable bonds is 5. The highest BCUT2D eigenvalue weighted by molar-refractivity contribution is 7.89. The second-order valence-corrected chi connectivity index (χ2v) is 10.1. The lowest BCUT2D eigenvalue weighted by molar-refractivity contribution is -0.138. The van der Waals surface area contributed by atoms with Crippen LogP contribution in [0.5, 0.6) is 0 Å². The Morgan fingerprint density at radius 2 is 1.72 bits per heavy atom. The molecule has 4 rings (SSSR count). The van der Waals surface area contributed by atoms with Crippen LogP contribution in [0.3, 0.4) is 0 Å². The monoisotopic (exact) mass is 421 g/mol. The van der Waals surface area contributed by atoms with Crippen molar-refractivity contribution in [1.82, 2.24) is 14.1 Å². The quantitative estimate of drug-likeness (QED) is 0.722. The number of benzene rings is 1. The van der Waals surface area contributed by atoms with E-state index in [0.717, 1.165) is 51.9 Å². The van der Waals surface area contributed by atoms with Crippen LogP contribution in [0.15, 0.2) is 35.2 Å². The van der Waals surface area contributed by atoms with E-state index in [4.69, 9.17) is 4.74 Å². The predicted molar refractivity (Wildman–Crippen MR) is 110 cm³/mol. The number of nitrogens with zero attached hydrogens (tertiary/aromatic N) is 3. The minimum atomic E-state index is -3.66. The molecule has 0 aliphatic carbocycles. The van der Waals surface area contributed by atoms with Gasteiger partial charge >= 0.3 is 0 Å². The van der Waals surface area contributed by atoms with Crippen LogP contribution < -0.4 is 0 Å². The average molecular weight is 422 g/mol. The molecule has 0 aromatic heterocycles. The summed E-state index contributed by atoms with van der Waals surface area (Å²) >= 11 is 0. The molecular weight excluding hydrogens is 390 g/mol. The maximum Gasteiger partial charge on any atom is 0.243 e. The summed E-state index contributed by atoms with van der Waals surface area (Å²) in [5.74, 6) is -0.0408. The van der Waals surface area contributed by atoms with Crippen molar-refractivity contribution in [2.75, 3.05) is 45.9 Å². The van der Waals surface area contributed by atoms with Gasteiger partial charge in [-0.25, -0.2) is 8.42 Å². The van der Waals surface area contributed by atoms with Gasteiger partial charge in [0.2, 0.25) is 15.9 Å². The third kappa shape index (κ3) is 4.66. The maximum absolute atomic E-state index is 13.3. The molecule has 2 atom stereocenters. The fourth-order valence-corrected chi connectivity index (χ4v) is 6.28. The van der Waals surface area contributed by atoms with Gasteiger partial charge in [0.05, 0.1) is 11.0 Å². The summed E-state index contributed by atoms with van der Waals surface area (Å²) in [4.78, 5) is 17.8. The predicted octanol–water partition coefficient (Wildman–Crippen LogP) is 1.55. The van der Waals surface area contributed by atoms with Gasteiger partial charge in [0.15, 0.2) is 0 Å². The highest BCUT2D eigenvalue weighted by Gasteiger charge is 2.40. The van der Waals surface area contributed by atoms with Crippen LogP contribution in [-0.4, -0.2) is 86.5 Å². The Bertz CT molecular complexity index is 787. The molecule has 1 aromatic carbocycles. The number of piperazine rings is 1. The van der Waals surface area contributed by atoms with Crippen LogP contribution in [0.2, 0.25) is 0 Å². The molecule has 8 heteroatoms. The number of ether oxygens (including phenoxy) is 1. The van der Waals surface area contributed by atoms with E-state index in [1.165, 1.54) is 4.31 Å². The molecule has 1 amide bonds. The smallest absolute Gasteiger partial charge is 0.243 e. The fraction of sp³-hybridized carbons (Fsp3) is 0.667. The molecule has 160 valence electrons. The van der Waals surface area contributed by atoms with Gasteiger partial charge in [-0.15, -0.1) is 0 Å². The minimum Gasteiger partial charge on any atom is -0.377 e. The Kier molecular flexibility index (Phi) is 6.53. The van der Waals surface area contributed by atoms with Crippen molar-refractivity contribution in [3.05, 3.63) is 30.3 Å². The lowest BCUT2D eigenvalue weighted by Gasteiger charge is -2.40. The first kappa shape index (κ1) is 20.8.